The third-order valence-electron chi connectivity index (χ3n) is 2.87. The van der Waals surface area contributed by atoms with Crippen LogP contribution in [0.15, 0.2) is 28.1 Å². The molecule has 1 N–H and O–H groups in total. The summed E-state index contributed by atoms with van der Waals surface area (Å²) in [4.78, 5) is 0.731. The molecule has 0 aliphatic carbocycles. The van der Waals surface area contributed by atoms with Crippen LogP contribution in [0.25, 0.3) is 0 Å². The molecule has 21 heavy (non-hydrogen) atoms. The smallest absolute Gasteiger partial charge is 0.309 e. The van der Waals surface area contributed by atoms with E-state index < -0.39 is 23.6 Å². The first kappa shape index (κ1) is 16.7. The van der Waals surface area contributed by atoms with Crippen molar-refractivity contribution in [3.8, 4) is 0 Å². The molecule has 0 fully saturated rings. The van der Waals surface area contributed by atoms with Crippen LogP contribution in [-0.2, 0) is 6.18 Å². The molecule has 1 heterocycles. The first-order valence-corrected chi connectivity index (χ1v) is 7.71. The molecule has 8 heteroatoms. The molecule has 114 valence electrons. The van der Waals surface area contributed by atoms with Gasteiger partial charge < -0.3 is 5.32 Å². The van der Waals surface area contributed by atoms with Crippen LogP contribution < -0.4 is 5.32 Å². The van der Waals surface area contributed by atoms with E-state index in [4.69, 9.17) is 11.6 Å². The van der Waals surface area contributed by atoms with Crippen molar-refractivity contribution in [2.45, 2.75) is 12.2 Å². The van der Waals surface area contributed by atoms with Gasteiger partial charge in [-0.15, -0.1) is 11.3 Å². The van der Waals surface area contributed by atoms with Gasteiger partial charge in [-0.3, -0.25) is 0 Å². The van der Waals surface area contributed by atoms with Crippen LogP contribution in [0.2, 0.25) is 5.02 Å². The first-order chi connectivity index (χ1) is 9.74. The molecule has 0 bridgehead atoms. The molecule has 1 atom stereocenters. The fourth-order valence-electron chi connectivity index (χ4n) is 1.92. The van der Waals surface area contributed by atoms with Crippen molar-refractivity contribution in [3.63, 3.8) is 0 Å². The zero-order chi connectivity index (χ0) is 15.8. The lowest BCUT2D eigenvalue weighted by molar-refractivity contribution is -0.140. The molecule has 0 saturated heterocycles. The molecular weight excluding hydrogens is 394 g/mol. The minimum Gasteiger partial charge on any atom is -0.309 e. The topological polar surface area (TPSA) is 12.0 Å². The largest absolute Gasteiger partial charge is 0.419 e. The Balaban J connectivity index is 2.48. The second kappa shape index (κ2) is 6.24. The average Bonchev–Trinajstić information content (AvgIpc) is 2.71. The van der Waals surface area contributed by atoms with Gasteiger partial charge in [0.05, 0.1) is 20.4 Å². The van der Waals surface area contributed by atoms with E-state index in [1.54, 1.807) is 13.1 Å². The summed E-state index contributed by atoms with van der Waals surface area (Å²) in [5.41, 5.74) is -0.960. The highest BCUT2D eigenvalue weighted by Crippen LogP contribution is 2.39. The van der Waals surface area contributed by atoms with Crippen molar-refractivity contribution < 1.29 is 17.6 Å². The van der Waals surface area contributed by atoms with E-state index in [9.17, 15) is 17.6 Å². The van der Waals surface area contributed by atoms with Gasteiger partial charge >= 0.3 is 6.18 Å². The Morgan fingerprint density at radius 2 is 1.95 bits per heavy atom. The van der Waals surface area contributed by atoms with Crippen LogP contribution in [0.5, 0.6) is 0 Å². The second-order valence-corrected chi connectivity index (χ2v) is 7.04. The van der Waals surface area contributed by atoms with E-state index in [2.05, 4.69) is 21.2 Å². The van der Waals surface area contributed by atoms with Crippen LogP contribution in [0.4, 0.5) is 17.6 Å². The molecule has 0 aliphatic rings. The number of hydrogen-bond donors (Lipinski definition) is 1. The van der Waals surface area contributed by atoms with Crippen LogP contribution in [0, 0.1) is 5.82 Å². The van der Waals surface area contributed by atoms with Gasteiger partial charge in [-0.05, 0) is 46.7 Å². The van der Waals surface area contributed by atoms with Crippen molar-refractivity contribution in [1.82, 2.24) is 5.32 Å². The molecule has 1 aromatic carbocycles. The number of rotatable bonds is 3. The number of nitrogens with one attached hydrogen (secondary N) is 1. The lowest BCUT2D eigenvalue weighted by Crippen LogP contribution is -2.18. The van der Waals surface area contributed by atoms with Crippen LogP contribution in [-0.4, -0.2) is 7.05 Å². The standard InChI is InChI=1S/C13H9BrClF4NS/c1-20-11(10-5-8(15)12(14)21-10)6-2-3-9(16)7(4-6)13(17,18)19/h2-5,11,20H,1H3. The fraction of sp³-hybridized carbons (Fsp3) is 0.231. The van der Waals surface area contributed by atoms with E-state index in [0.717, 1.165) is 17.0 Å². The number of halogens is 6. The number of hydrogen-bond acceptors (Lipinski definition) is 2. The summed E-state index contributed by atoms with van der Waals surface area (Å²) in [7, 11) is 1.61. The first-order valence-electron chi connectivity index (χ1n) is 5.72. The maximum Gasteiger partial charge on any atom is 0.419 e. The maximum atomic E-state index is 13.3. The van der Waals surface area contributed by atoms with Gasteiger partial charge in [0.15, 0.2) is 0 Å². The van der Waals surface area contributed by atoms with Crippen molar-refractivity contribution in [2.24, 2.45) is 0 Å². The van der Waals surface area contributed by atoms with Gasteiger partial charge in [-0.2, -0.15) is 13.2 Å². The second-order valence-electron chi connectivity index (χ2n) is 4.23. The third-order valence-corrected chi connectivity index (χ3v) is 5.41. The Kier molecular flexibility index (Phi) is 4.97. The highest BCUT2D eigenvalue weighted by Gasteiger charge is 2.34. The summed E-state index contributed by atoms with van der Waals surface area (Å²) in [5.74, 6) is -1.29. The van der Waals surface area contributed by atoms with Gasteiger partial charge in [-0.25, -0.2) is 4.39 Å². The van der Waals surface area contributed by atoms with Gasteiger partial charge in [-0.1, -0.05) is 17.7 Å². The van der Waals surface area contributed by atoms with Gasteiger partial charge in [0.25, 0.3) is 0 Å². The number of benzene rings is 1. The molecule has 0 saturated carbocycles. The quantitative estimate of drug-likeness (QED) is 0.656. The summed E-state index contributed by atoms with van der Waals surface area (Å²) >= 11 is 10.5. The monoisotopic (exact) mass is 401 g/mol. The molecule has 2 aromatic rings. The minimum atomic E-state index is -4.73. The lowest BCUT2D eigenvalue weighted by Gasteiger charge is -2.17. The summed E-state index contributed by atoms with van der Waals surface area (Å²) in [6.07, 6.45) is -4.73. The predicted molar refractivity (Wildman–Crippen MR) is 79.3 cm³/mol. The van der Waals surface area contributed by atoms with E-state index in [-0.39, 0.29) is 0 Å². The molecule has 0 spiro atoms. The Morgan fingerprint density at radius 3 is 2.43 bits per heavy atom. The Labute approximate surface area is 136 Å². The van der Waals surface area contributed by atoms with E-state index >= 15 is 0 Å². The Morgan fingerprint density at radius 1 is 1.29 bits per heavy atom. The van der Waals surface area contributed by atoms with Crippen molar-refractivity contribution >= 4 is 38.9 Å². The summed E-state index contributed by atoms with van der Waals surface area (Å²) in [5, 5.41) is 3.39. The van der Waals surface area contributed by atoms with Crippen LogP contribution >= 0.6 is 38.9 Å². The maximum absolute atomic E-state index is 13.3. The average molecular weight is 403 g/mol. The fourth-order valence-corrected chi connectivity index (χ4v) is 3.80. The zero-order valence-corrected chi connectivity index (χ0v) is 13.7. The molecule has 0 amide bonds. The minimum absolute atomic E-state index is 0.316. The number of thiophene rings is 1. The molecular formula is C13H9BrClF4NS. The summed E-state index contributed by atoms with van der Waals surface area (Å²) in [6, 6.07) is 4.13. The number of alkyl halides is 3. The normalized spacial score (nSPS) is 13.5. The molecule has 1 unspecified atom stereocenters. The predicted octanol–water partition coefficient (Wildman–Crippen LogP) is 5.63. The zero-order valence-electron chi connectivity index (χ0n) is 10.6. The molecule has 1 aromatic heterocycles. The molecule has 1 nitrogen and oxygen atoms in total. The Bertz CT molecular complexity index is 637. The molecule has 0 radical (unpaired) electrons. The van der Waals surface area contributed by atoms with Gasteiger partial charge in [0.1, 0.15) is 5.82 Å². The summed E-state index contributed by atoms with van der Waals surface area (Å²) in [6.45, 7) is 0. The third kappa shape index (κ3) is 3.59. The lowest BCUT2D eigenvalue weighted by atomic mass is 10.0. The highest BCUT2D eigenvalue weighted by atomic mass is 79.9. The highest BCUT2D eigenvalue weighted by molar-refractivity contribution is 9.11. The van der Waals surface area contributed by atoms with E-state index in [0.29, 0.717) is 14.4 Å². The van der Waals surface area contributed by atoms with Crippen LogP contribution in [0.3, 0.4) is 0 Å². The molecule has 2 rings (SSSR count). The van der Waals surface area contributed by atoms with Gasteiger partial charge in [0.2, 0.25) is 0 Å². The van der Waals surface area contributed by atoms with E-state index in [1.807, 2.05) is 0 Å². The Hall–Kier alpha value is -0.630. The molecule has 0 aliphatic heterocycles. The summed E-state index contributed by atoms with van der Waals surface area (Å²) < 4.78 is 52.4. The van der Waals surface area contributed by atoms with Crippen molar-refractivity contribution in [1.29, 1.82) is 0 Å². The SMILES string of the molecule is CNC(c1ccc(F)c(C(F)(F)F)c1)c1cc(Cl)c(Br)s1. The van der Waals surface area contributed by atoms with Crippen molar-refractivity contribution in [2.75, 3.05) is 7.05 Å². The van der Waals surface area contributed by atoms with Crippen LogP contribution in [0.1, 0.15) is 22.0 Å². The van der Waals surface area contributed by atoms with Gasteiger partial charge in [0, 0.05) is 4.88 Å². The van der Waals surface area contributed by atoms with Crippen molar-refractivity contribution in [3.05, 3.63) is 54.9 Å². The van der Waals surface area contributed by atoms with E-state index in [1.165, 1.54) is 17.4 Å².